The standard InChI is InChI=1S/C26H33F3N6O5/c1-14(36)31-19-12-16(32-24(38)40-25(2,3)4)6-8-21(19)34-10-9-18(23(34)37)33-22-17-11-15(26(27,28)29)5-7-20(17)35(39)13-30-22/h5,7,11,13,16,18-19,21H,6,8-10,12H2,1-4H3,(H,30,33)(H,31,36)(H,32,38)/t16-,18?,19-,21+/m1/s1. The number of halogens is 3. The summed E-state index contributed by atoms with van der Waals surface area (Å²) in [5.74, 6) is -0.572. The van der Waals surface area contributed by atoms with E-state index in [0.29, 0.717) is 37.0 Å². The smallest absolute Gasteiger partial charge is 0.416 e. The van der Waals surface area contributed by atoms with Crippen molar-refractivity contribution in [3.8, 4) is 0 Å². The van der Waals surface area contributed by atoms with Crippen molar-refractivity contribution < 1.29 is 37.0 Å². The largest absolute Gasteiger partial charge is 0.710 e. The van der Waals surface area contributed by atoms with Gasteiger partial charge in [-0.3, -0.25) is 9.59 Å². The summed E-state index contributed by atoms with van der Waals surface area (Å²) in [6.07, 6.45) is -2.46. The van der Waals surface area contributed by atoms with Crippen LogP contribution in [0.25, 0.3) is 10.9 Å². The van der Waals surface area contributed by atoms with Crippen LogP contribution in [0.2, 0.25) is 0 Å². The number of aromatic nitrogens is 2. The van der Waals surface area contributed by atoms with E-state index in [1.165, 1.54) is 6.92 Å². The topological polar surface area (TPSA) is 140 Å². The number of rotatable bonds is 5. The number of nitrogens with zero attached hydrogens (tertiary/aromatic N) is 3. The molecule has 2 aliphatic rings. The van der Waals surface area contributed by atoms with E-state index in [2.05, 4.69) is 20.9 Å². The van der Waals surface area contributed by atoms with Gasteiger partial charge in [0.25, 0.3) is 12.1 Å². The van der Waals surface area contributed by atoms with Gasteiger partial charge in [-0.25, -0.2) is 9.52 Å². The first-order valence-corrected chi connectivity index (χ1v) is 13.0. The quantitative estimate of drug-likeness (QED) is 0.374. The van der Waals surface area contributed by atoms with Crippen LogP contribution in [-0.2, 0) is 20.5 Å². The number of hydrogen-bond donors (Lipinski definition) is 3. The normalized spacial score (nSPS) is 23.7. The summed E-state index contributed by atoms with van der Waals surface area (Å²) in [4.78, 5) is 43.3. The number of carbonyl (C=O) groups excluding carboxylic acids is 3. The van der Waals surface area contributed by atoms with E-state index in [1.807, 2.05) is 0 Å². The van der Waals surface area contributed by atoms with E-state index in [1.54, 1.807) is 25.7 Å². The van der Waals surface area contributed by atoms with Gasteiger partial charge in [-0.15, -0.1) is 0 Å². The SMILES string of the molecule is CC(=O)N[C@@H]1C[C@H](NC(=O)OC(C)(C)C)CC[C@@H]1N1CCC(Nc2nc[n+]([O-])c3ccc(C(F)(F)F)cc23)C1=O. The van der Waals surface area contributed by atoms with Crippen molar-refractivity contribution in [3.63, 3.8) is 0 Å². The van der Waals surface area contributed by atoms with Gasteiger partial charge in [-0.05, 0) is 69.6 Å². The summed E-state index contributed by atoms with van der Waals surface area (Å²) in [6.45, 7) is 7.00. The van der Waals surface area contributed by atoms with Crippen LogP contribution < -0.4 is 20.7 Å². The molecule has 1 saturated heterocycles. The summed E-state index contributed by atoms with van der Waals surface area (Å²) in [7, 11) is 0. The van der Waals surface area contributed by atoms with Gasteiger partial charge in [0.15, 0.2) is 0 Å². The molecule has 0 bridgehead atoms. The van der Waals surface area contributed by atoms with E-state index in [9.17, 15) is 32.8 Å². The molecule has 3 amide bonds. The van der Waals surface area contributed by atoms with Crippen molar-refractivity contribution in [3.05, 3.63) is 35.3 Å². The third-order valence-electron chi connectivity index (χ3n) is 6.98. The number of nitrogens with one attached hydrogen (secondary N) is 3. The molecule has 11 nitrogen and oxygen atoms in total. The third kappa shape index (κ3) is 6.65. The average molecular weight is 567 g/mol. The molecule has 1 saturated carbocycles. The summed E-state index contributed by atoms with van der Waals surface area (Å²) >= 11 is 0. The van der Waals surface area contributed by atoms with Gasteiger partial charge in [0.05, 0.1) is 23.0 Å². The van der Waals surface area contributed by atoms with Crippen LogP contribution in [0.1, 0.15) is 58.9 Å². The molecule has 4 atom stereocenters. The Kier molecular flexibility index (Phi) is 7.99. The van der Waals surface area contributed by atoms with Crippen molar-refractivity contribution in [2.45, 2.75) is 89.3 Å². The summed E-state index contributed by atoms with van der Waals surface area (Å²) < 4.78 is 45.7. The van der Waals surface area contributed by atoms with E-state index >= 15 is 0 Å². The number of likely N-dealkylation sites (tertiary alicyclic amines) is 1. The van der Waals surface area contributed by atoms with Crippen molar-refractivity contribution in [1.82, 2.24) is 20.5 Å². The maximum absolute atomic E-state index is 13.5. The lowest BCUT2D eigenvalue weighted by Crippen LogP contribution is -2.58. The van der Waals surface area contributed by atoms with E-state index < -0.39 is 35.5 Å². The molecule has 1 aromatic heterocycles. The average Bonchev–Trinajstić information content (AvgIpc) is 3.18. The molecule has 3 N–H and O–H groups in total. The molecule has 4 rings (SSSR count). The van der Waals surface area contributed by atoms with E-state index in [-0.39, 0.29) is 40.6 Å². The second-order valence-electron chi connectivity index (χ2n) is 11.2. The fourth-order valence-electron chi connectivity index (χ4n) is 5.33. The molecule has 1 aliphatic carbocycles. The number of carbonyl (C=O) groups is 3. The molecule has 0 spiro atoms. The van der Waals surface area contributed by atoms with Crippen LogP contribution >= 0.6 is 0 Å². The summed E-state index contributed by atoms with van der Waals surface area (Å²) in [5, 5.41) is 20.8. The monoisotopic (exact) mass is 566 g/mol. The predicted octanol–water partition coefficient (Wildman–Crippen LogP) is 2.85. The number of fused-ring (bicyclic) bond motifs is 1. The Morgan fingerprint density at radius 2 is 1.88 bits per heavy atom. The zero-order chi connectivity index (χ0) is 29.4. The second-order valence-corrected chi connectivity index (χ2v) is 11.2. The van der Waals surface area contributed by atoms with Gasteiger partial charge in [-0.1, -0.05) is 0 Å². The first-order chi connectivity index (χ1) is 18.6. The highest BCUT2D eigenvalue weighted by molar-refractivity contribution is 5.92. The highest BCUT2D eigenvalue weighted by Gasteiger charge is 2.43. The second kappa shape index (κ2) is 11.0. The third-order valence-corrected chi connectivity index (χ3v) is 6.98. The Hall–Kier alpha value is -3.84. The Balaban J connectivity index is 1.49. The van der Waals surface area contributed by atoms with E-state index in [4.69, 9.17) is 4.74 Å². The van der Waals surface area contributed by atoms with Crippen LogP contribution in [0.3, 0.4) is 0 Å². The molecule has 0 radical (unpaired) electrons. The van der Waals surface area contributed by atoms with Gasteiger partial charge in [-0.2, -0.15) is 13.2 Å². The van der Waals surface area contributed by atoms with Crippen LogP contribution in [0, 0.1) is 5.21 Å². The van der Waals surface area contributed by atoms with Crippen LogP contribution in [-0.4, -0.2) is 64.1 Å². The number of alkyl carbamates (subject to hydrolysis) is 1. The van der Waals surface area contributed by atoms with E-state index in [0.717, 1.165) is 24.5 Å². The highest BCUT2D eigenvalue weighted by atomic mass is 19.4. The molecule has 218 valence electrons. The fourth-order valence-corrected chi connectivity index (χ4v) is 5.33. The molecule has 2 aromatic rings. The van der Waals surface area contributed by atoms with Gasteiger partial charge < -0.3 is 30.8 Å². The summed E-state index contributed by atoms with van der Waals surface area (Å²) in [5.41, 5.74) is -1.62. The molecular weight excluding hydrogens is 533 g/mol. The lowest BCUT2D eigenvalue weighted by Gasteiger charge is -2.41. The number of ether oxygens (including phenoxy) is 1. The number of anilines is 1. The molecule has 1 aromatic carbocycles. The van der Waals surface area contributed by atoms with Crippen LogP contribution in [0.5, 0.6) is 0 Å². The van der Waals surface area contributed by atoms with Crippen molar-refractivity contribution in [2.24, 2.45) is 0 Å². The lowest BCUT2D eigenvalue weighted by molar-refractivity contribution is -0.580. The van der Waals surface area contributed by atoms with Crippen molar-refractivity contribution in [1.29, 1.82) is 0 Å². The maximum Gasteiger partial charge on any atom is 0.416 e. The van der Waals surface area contributed by atoms with Crippen molar-refractivity contribution in [2.75, 3.05) is 11.9 Å². The fraction of sp³-hybridized carbons (Fsp3) is 0.577. The Bertz CT molecular complexity index is 1300. The molecule has 2 fully saturated rings. The Morgan fingerprint density at radius 3 is 2.52 bits per heavy atom. The Morgan fingerprint density at radius 1 is 1.15 bits per heavy atom. The van der Waals surface area contributed by atoms with Gasteiger partial charge in [0.2, 0.25) is 11.8 Å². The first kappa shape index (κ1) is 29.2. The molecular formula is C26H33F3N6O5. The van der Waals surface area contributed by atoms with Crippen molar-refractivity contribution >= 4 is 34.6 Å². The minimum atomic E-state index is -4.62. The Labute approximate surface area is 229 Å². The maximum atomic E-state index is 13.5. The highest BCUT2D eigenvalue weighted by Crippen LogP contribution is 2.33. The van der Waals surface area contributed by atoms with Crippen LogP contribution in [0.4, 0.5) is 23.8 Å². The van der Waals surface area contributed by atoms with Gasteiger partial charge >= 0.3 is 12.3 Å². The molecule has 1 unspecified atom stereocenters. The van der Waals surface area contributed by atoms with Crippen LogP contribution in [0.15, 0.2) is 24.5 Å². The van der Waals surface area contributed by atoms with Gasteiger partial charge in [0.1, 0.15) is 17.2 Å². The molecule has 1 aliphatic heterocycles. The molecule has 2 heterocycles. The van der Waals surface area contributed by atoms with Gasteiger partial charge in [0, 0.05) is 19.5 Å². The first-order valence-electron chi connectivity index (χ1n) is 13.0. The molecule has 14 heteroatoms. The predicted molar refractivity (Wildman–Crippen MR) is 138 cm³/mol. The molecule has 40 heavy (non-hydrogen) atoms. The lowest BCUT2D eigenvalue weighted by atomic mass is 9.85. The number of hydrogen-bond acceptors (Lipinski definition) is 7. The minimum absolute atomic E-state index is 0.00270. The minimum Gasteiger partial charge on any atom is -0.710 e. The summed E-state index contributed by atoms with van der Waals surface area (Å²) in [6, 6.07) is 0.891. The zero-order valence-corrected chi connectivity index (χ0v) is 22.7. The zero-order valence-electron chi connectivity index (χ0n) is 22.7. The number of alkyl halides is 3. The number of amides is 3. The number of benzene rings is 1.